The molecule has 2 aromatic carbocycles. The van der Waals surface area contributed by atoms with E-state index in [0.29, 0.717) is 26.7 Å². The highest BCUT2D eigenvalue weighted by molar-refractivity contribution is 7.15. The fourth-order valence-electron chi connectivity index (χ4n) is 2.76. The van der Waals surface area contributed by atoms with Crippen LogP contribution in [0.1, 0.15) is 22.8 Å². The molecule has 5 nitrogen and oxygen atoms in total. The fraction of sp³-hybridized carbons (Fsp3) is 0.182. The first-order valence-electron chi connectivity index (χ1n) is 9.13. The number of rotatable bonds is 7. The van der Waals surface area contributed by atoms with Crippen LogP contribution in [0.5, 0.6) is 0 Å². The van der Waals surface area contributed by atoms with Crippen molar-refractivity contribution in [1.29, 1.82) is 0 Å². The van der Waals surface area contributed by atoms with E-state index in [1.165, 1.54) is 11.3 Å². The molecule has 0 aliphatic rings. The zero-order valence-electron chi connectivity index (χ0n) is 16.1. The Hall–Kier alpha value is -2.83. The van der Waals surface area contributed by atoms with Crippen LogP contribution in [0, 0.1) is 6.92 Å². The molecule has 1 aromatic heterocycles. The summed E-state index contributed by atoms with van der Waals surface area (Å²) in [6.45, 7) is 4.05. The van der Waals surface area contributed by atoms with Gasteiger partial charge in [-0.3, -0.25) is 4.79 Å². The Morgan fingerprint density at radius 1 is 1.07 bits per heavy atom. The Kier molecular flexibility index (Phi) is 6.90. The molecule has 0 fully saturated rings. The van der Waals surface area contributed by atoms with Crippen molar-refractivity contribution in [2.24, 2.45) is 0 Å². The molecule has 0 unspecified atom stereocenters. The van der Waals surface area contributed by atoms with Gasteiger partial charge >= 0.3 is 5.97 Å². The van der Waals surface area contributed by atoms with E-state index in [9.17, 15) is 9.59 Å². The van der Waals surface area contributed by atoms with Crippen LogP contribution in [0.25, 0.3) is 11.1 Å². The third kappa shape index (κ3) is 5.16. The second kappa shape index (κ2) is 9.58. The lowest BCUT2D eigenvalue weighted by molar-refractivity contribution is -0.114. The molecule has 150 valence electrons. The largest absolute Gasteiger partial charge is 0.462 e. The van der Waals surface area contributed by atoms with Gasteiger partial charge < -0.3 is 15.4 Å². The Balaban J connectivity index is 1.81. The molecule has 3 rings (SSSR count). The Morgan fingerprint density at radius 3 is 2.48 bits per heavy atom. The molecule has 0 saturated heterocycles. The molecule has 0 spiro atoms. The first kappa shape index (κ1) is 20.9. The average molecular weight is 429 g/mol. The van der Waals surface area contributed by atoms with Crippen LogP contribution >= 0.6 is 22.9 Å². The molecule has 1 heterocycles. The standard InChI is InChI=1S/C22H21ClN2O3S/c1-3-28-22(27)20-17(16-6-4-5-7-18(16)23)13-29-21(20)25-19(26)12-24-15-10-8-14(2)9-11-15/h4-11,13,24H,3,12H2,1-2H3,(H,25,26). The zero-order chi connectivity index (χ0) is 20.8. The summed E-state index contributed by atoms with van der Waals surface area (Å²) in [6.07, 6.45) is 0. The number of anilines is 2. The summed E-state index contributed by atoms with van der Waals surface area (Å²) in [4.78, 5) is 25.1. The van der Waals surface area contributed by atoms with E-state index < -0.39 is 5.97 Å². The number of benzene rings is 2. The Morgan fingerprint density at radius 2 is 1.79 bits per heavy atom. The molecule has 0 bridgehead atoms. The number of carbonyl (C=O) groups is 2. The molecular formula is C22H21ClN2O3S. The first-order valence-corrected chi connectivity index (χ1v) is 10.4. The van der Waals surface area contributed by atoms with E-state index in [1.807, 2.05) is 49.4 Å². The van der Waals surface area contributed by atoms with Crippen molar-refractivity contribution in [2.45, 2.75) is 13.8 Å². The SMILES string of the molecule is CCOC(=O)c1c(-c2ccccc2Cl)csc1NC(=O)CNc1ccc(C)cc1. The third-order valence-corrected chi connectivity index (χ3v) is 5.42. The summed E-state index contributed by atoms with van der Waals surface area (Å²) in [5.74, 6) is -0.755. The van der Waals surface area contributed by atoms with Gasteiger partial charge in [-0.1, -0.05) is 47.5 Å². The van der Waals surface area contributed by atoms with Gasteiger partial charge in [0, 0.05) is 27.2 Å². The fourth-order valence-corrected chi connectivity index (χ4v) is 3.96. The minimum Gasteiger partial charge on any atom is -0.462 e. The van der Waals surface area contributed by atoms with E-state index in [0.717, 1.165) is 11.3 Å². The normalized spacial score (nSPS) is 10.4. The van der Waals surface area contributed by atoms with Crippen LogP contribution in [0.2, 0.25) is 5.02 Å². The molecule has 0 saturated carbocycles. The maximum atomic E-state index is 12.6. The van der Waals surface area contributed by atoms with Gasteiger partial charge in [0.25, 0.3) is 0 Å². The van der Waals surface area contributed by atoms with Gasteiger partial charge in [0.1, 0.15) is 10.6 Å². The van der Waals surface area contributed by atoms with Crippen molar-refractivity contribution in [3.05, 3.63) is 70.1 Å². The lowest BCUT2D eigenvalue weighted by Crippen LogP contribution is -2.22. The monoisotopic (exact) mass is 428 g/mol. The van der Waals surface area contributed by atoms with Crippen LogP contribution in [-0.2, 0) is 9.53 Å². The van der Waals surface area contributed by atoms with E-state index in [-0.39, 0.29) is 19.1 Å². The maximum Gasteiger partial charge on any atom is 0.341 e. The number of carbonyl (C=O) groups excluding carboxylic acids is 2. The molecule has 0 radical (unpaired) electrons. The van der Waals surface area contributed by atoms with Crippen LogP contribution in [0.3, 0.4) is 0 Å². The number of ether oxygens (including phenoxy) is 1. The van der Waals surface area contributed by atoms with Crippen LogP contribution < -0.4 is 10.6 Å². The average Bonchev–Trinajstić information content (AvgIpc) is 3.11. The second-order valence-electron chi connectivity index (χ2n) is 6.32. The molecule has 2 N–H and O–H groups in total. The van der Waals surface area contributed by atoms with E-state index in [2.05, 4.69) is 10.6 Å². The van der Waals surface area contributed by atoms with Gasteiger partial charge in [-0.25, -0.2) is 4.79 Å². The molecule has 1 amide bonds. The number of nitrogens with one attached hydrogen (secondary N) is 2. The molecule has 29 heavy (non-hydrogen) atoms. The topological polar surface area (TPSA) is 67.4 Å². The van der Waals surface area contributed by atoms with Crippen molar-refractivity contribution >= 4 is 45.5 Å². The summed E-state index contributed by atoms with van der Waals surface area (Å²) >= 11 is 7.58. The van der Waals surface area contributed by atoms with Gasteiger partial charge in [-0.05, 0) is 32.0 Å². The number of aryl methyl sites for hydroxylation is 1. The van der Waals surface area contributed by atoms with Crippen molar-refractivity contribution in [2.75, 3.05) is 23.8 Å². The minimum atomic E-state index is -0.495. The summed E-state index contributed by atoms with van der Waals surface area (Å²) in [5, 5.41) is 8.65. The Labute approximate surface area is 178 Å². The summed E-state index contributed by atoms with van der Waals surface area (Å²) in [7, 11) is 0. The maximum absolute atomic E-state index is 12.6. The van der Waals surface area contributed by atoms with Crippen LogP contribution in [0.15, 0.2) is 53.9 Å². The highest BCUT2D eigenvalue weighted by Crippen LogP contribution is 2.39. The molecule has 7 heteroatoms. The number of esters is 1. The predicted molar refractivity (Wildman–Crippen MR) is 119 cm³/mol. The van der Waals surface area contributed by atoms with E-state index in [1.54, 1.807) is 18.4 Å². The number of amides is 1. The van der Waals surface area contributed by atoms with Crippen molar-refractivity contribution in [3.63, 3.8) is 0 Å². The highest BCUT2D eigenvalue weighted by atomic mass is 35.5. The van der Waals surface area contributed by atoms with Gasteiger partial charge in [0.05, 0.1) is 13.2 Å². The number of hydrogen-bond acceptors (Lipinski definition) is 5. The van der Waals surface area contributed by atoms with Gasteiger partial charge in [-0.2, -0.15) is 0 Å². The Bertz CT molecular complexity index is 1020. The third-order valence-electron chi connectivity index (χ3n) is 4.19. The van der Waals surface area contributed by atoms with Gasteiger partial charge in [0.15, 0.2) is 0 Å². The van der Waals surface area contributed by atoms with Crippen molar-refractivity contribution < 1.29 is 14.3 Å². The zero-order valence-corrected chi connectivity index (χ0v) is 17.7. The molecular weight excluding hydrogens is 408 g/mol. The summed E-state index contributed by atoms with van der Waals surface area (Å²) < 4.78 is 5.21. The van der Waals surface area contributed by atoms with Gasteiger partial charge in [-0.15, -0.1) is 11.3 Å². The number of hydrogen-bond donors (Lipinski definition) is 2. The van der Waals surface area contributed by atoms with Crippen molar-refractivity contribution in [3.8, 4) is 11.1 Å². The second-order valence-corrected chi connectivity index (χ2v) is 7.61. The van der Waals surface area contributed by atoms with E-state index in [4.69, 9.17) is 16.3 Å². The predicted octanol–water partition coefficient (Wildman–Crippen LogP) is 5.60. The number of halogens is 1. The number of thiophene rings is 1. The van der Waals surface area contributed by atoms with E-state index >= 15 is 0 Å². The molecule has 0 aliphatic carbocycles. The van der Waals surface area contributed by atoms with Crippen molar-refractivity contribution in [1.82, 2.24) is 0 Å². The highest BCUT2D eigenvalue weighted by Gasteiger charge is 2.23. The summed E-state index contributed by atoms with van der Waals surface area (Å²) in [6, 6.07) is 15.0. The van der Waals surface area contributed by atoms with Gasteiger partial charge in [0.2, 0.25) is 5.91 Å². The summed E-state index contributed by atoms with van der Waals surface area (Å²) in [5.41, 5.74) is 3.66. The molecule has 0 atom stereocenters. The van der Waals surface area contributed by atoms with Crippen LogP contribution in [-0.4, -0.2) is 25.0 Å². The minimum absolute atomic E-state index is 0.0741. The lowest BCUT2D eigenvalue weighted by atomic mass is 10.0. The molecule has 3 aromatic rings. The first-order chi connectivity index (χ1) is 14.0. The van der Waals surface area contributed by atoms with Crippen LogP contribution in [0.4, 0.5) is 10.7 Å². The molecule has 0 aliphatic heterocycles. The lowest BCUT2D eigenvalue weighted by Gasteiger charge is -2.10. The smallest absolute Gasteiger partial charge is 0.341 e. The quantitative estimate of drug-likeness (QED) is 0.480.